The summed E-state index contributed by atoms with van der Waals surface area (Å²) in [5.41, 5.74) is 0. The average Bonchev–Trinajstić information content (AvgIpc) is 2.29. The molecule has 1 fully saturated rings. The van der Waals surface area contributed by atoms with Gasteiger partial charge in [-0.25, -0.2) is 0 Å². The lowest BCUT2D eigenvalue weighted by Crippen LogP contribution is -2.43. The van der Waals surface area contributed by atoms with Crippen molar-refractivity contribution in [1.29, 1.82) is 0 Å². The van der Waals surface area contributed by atoms with E-state index >= 15 is 0 Å². The molecule has 0 aromatic heterocycles. The molecular formula is C13H27NO. The van der Waals surface area contributed by atoms with Crippen molar-refractivity contribution in [2.45, 2.75) is 64.5 Å². The second-order valence-corrected chi connectivity index (χ2v) is 4.91. The summed E-state index contributed by atoms with van der Waals surface area (Å²) in [6, 6.07) is 1.19. The SMILES string of the molecule is CCC(COC)N[C@@H](C)C1CCCCC1. The summed E-state index contributed by atoms with van der Waals surface area (Å²) in [4.78, 5) is 0. The van der Waals surface area contributed by atoms with Gasteiger partial charge in [-0.3, -0.25) is 0 Å². The fraction of sp³-hybridized carbons (Fsp3) is 1.00. The molecule has 0 aromatic carbocycles. The van der Waals surface area contributed by atoms with Gasteiger partial charge in [0.2, 0.25) is 0 Å². The van der Waals surface area contributed by atoms with Gasteiger partial charge in [-0.15, -0.1) is 0 Å². The summed E-state index contributed by atoms with van der Waals surface area (Å²) in [6.07, 6.45) is 8.29. The zero-order valence-corrected chi connectivity index (χ0v) is 10.6. The molecule has 0 spiro atoms. The van der Waals surface area contributed by atoms with Crippen molar-refractivity contribution < 1.29 is 4.74 Å². The Kier molecular flexibility index (Phi) is 6.26. The first kappa shape index (κ1) is 13.0. The molecule has 2 heteroatoms. The Morgan fingerprint density at radius 2 is 1.93 bits per heavy atom. The second kappa shape index (κ2) is 7.24. The highest BCUT2D eigenvalue weighted by Crippen LogP contribution is 2.26. The highest BCUT2D eigenvalue weighted by molar-refractivity contribution is 4.79. The van der Waals surface area contributed by atoms with E-state index in [2.05, 4.69) is 19.2 Å². The van der Waals surface area contributed by atoms with Gasteiger partial charge in [0.25, 0.3) is 0 Å². The lowest BCUT2D eigenvalue weighted by atomic mass is 9.84. The van der Waals surface area contributed by atoms with Crippen LogP contribution in [-0.4, -0.2) is 25.8 Å². The van der Waals surface area contributed by atoms with E-state index in [1.54, 1.807) is 7.11 Å². The number of hydrogen-bond donors (Lipinski definition) is 1. The van der Waals surface area contributed by atoms with Crippen molar-refractivity contribution in [2.24, 2.45) is 5.92 Å². The van der Waals surface area contributed by atoms with Crippen LogP contribution in [0, 0.1) is 5.92 Å². The Bertz CT molecular complexity index is 155. The number of rotatable bonds is 6. The van der Waals surface area contributed by atoms with Crippen molar-refractivity contribution in [1.82, 2.24) is 5.32 Å². The molecule has 0 heterocycles. The quantitative estimate of drug-likeness (QED) is 0.732. The van der Waals surface area contributed by atoms with E-state index in [4.69, 9.17) is 4.74 Å². The lowest BCUT2D eigenvalue weighted by Gasteiger charge is -2.31. The van der Waals surface area contributed by atoms with Gasteiger partial charge >= 0.3 is 0 Å². The van der Waals surface area contributed by atoms with Gasteiger partial charge in [0.05, 0.1) is 6.61 Å². The van der Waals surface area contributed by atoms with E-state index < -0.39 is 0 Å². The van der Waals surface area contributed by atoms with Gasteiger partial charge in [0.15, 0.2) is 0 Å². The van der Waals surface area contributed by atoms with E-state index in [1.807, 2.05) is 0 Å². The third-order valence-electron chi connectivity index (χ3n) is 3.72. The number of methoxy groups -OCH3 is 1. The largest absolute Gasteiger partial charge is 0.383 e. The van der Waals surface area contributed by atoms with E-state index in [1.165, 1.54) is 32.1 Å². The number of hydrogen-bond acceptors (Lipinski definition) is 2. The molecule has 15 heavy (non-hydrogen) atoms. The average molecular weight is 213 g/mol. The summed E-state index contributed by atoms with van der Waals surface area (Å²) in [7, 11) is 1.79. The topological polar surface area (TPSA) is 21.3 Å². The second-order valence-electron chi connectivity index (χ2n) is 4.91. The maximum Gasteiger partial charge on any atom is 0.0615 e. The Hall–Kier alpha value is -0.0800. The molecule has 1 saturated carbocycles. The smallest absolute Gasteiger partial charge is 0.0615 e. The van der Waals surface area contributed by atoms with Crippen LogP contribution in [0.4, 0.5) is 0 Å². The molecule has 1 aliphatic rings. The first-order valence-electron chi connectivity index (χ1n) is 6.53. The van der Waals surface area contributed by atoms with Crippen molar-refractivity contribution >= 4 is 0 Å². The van der Waals surface area contributed by atoms with Gasteiger partial charge in [-0.05, 0) is 32.1 Å². The predicted octanol–water partition coefficient (Wildman–Crippen LogP) is 2.97. The summed E-state index contributed by atoms with van der Waals surface area (Å²) < 4.78 is 5.22. The van der Waals surface area contributed by atoms with Crippen molar-refractivity contribution in [2.75, 3.05) is 13.7 Å². The molecule has 1 aliphatic carbocycles. The standard InChI is InChI=1S/C13H27NO/c1-4-13(10-15-3)14-11(2)12-8-6-5-7-9-12/h11-14H,4-10H2,1-3H3/t11-,13?/m0/s1. The van der Waals surface area contributed by atoms with Crippen LogP contribution in [0.2, 0.25) is 0 Å². The van der Waals surface area contributed by atoms with Crippen LogP contribution in [0.3, 0.4) is 0 Å². The Morgan fingerprint density at radius 3 is 2.47 bits per heavy atom. The van der Waals surface area contributed by atoms with Gasteiger partial charge in [-0.2, -0.15) is 0 Å². The van der Waals surface area contributed by atoms with Gasteiger partial charge in [0, 0.05) is 19.2 Å². The van der Waals surface area contributed by atoms with Crippen LogP contribution in [0.15, 0.2) is 0 Å². The third kappa shape index (κ3) is 4.52. The lowest BCUT2D eigenvalue weighted by molar-refractivity contribution is 0.148. The molecule has 0 bridgehead atoms. The van der Waals surface area contributed by atoms with Crippen LogP contribution in [0.1, 0.15) is 52.4 Å². The number of ether oxygens (including phenoxy) is 1. The first-order chi connectivity index (χ1) is 7.27. The maximum atomic E-state index is 5.22. The summed E-state index contributed by atoms with van der Waals surface area (Å²) in [5, 5.41) is 3.71. The number of nitrogens with one attached hydrogen (secondary N) is 1. The van der Waals surface area contributed by atoms with E-state index in [-0.39, 0.29) is 0 Å². The molecule has 2 nitrogen and oxygen atoms in total. The maximum absolute atomic E-state index is 5.22. The summed E-state index contributed by atoms with van der Waals surface area (Å²) in [5.74, 6) is 0.893. The van der Waals surface area contributed by atoms with Crippen molar-refractivity contribution in [3.8, 4) is 0 Å². The highest BCUT2D eigenvalue weighted by atomic mass is 16.5. The molecule has 2 atom stereocenters. The monoisotopic (exact) mass is 213 g/mol. The first-order valence-corrected chi connectivity index (χ1v) is 6.53. The summed E-state index contributed by atoms with van der Waals surface area (Å²) >= 11 is 0. The van der Waals surface area contributed by atoms with Crippen LogP contribution in [0.25, 0.3) is 0 Å². The fourth-order valence-corrected chi connectivity index (χ4v) is 2.63. The minimum absolute atomic E-state index is 0.534. The molecule has 0 aliphatic heterocycles. The normalized spacial score (nSPS) is 22.6. The molecular weight excluding hydrogens is 186 g/mol. The van der Waals surface area contributed by atoms with E-state index in [0.717, 1.165) is 18.9 Å². The Balaban J connectivity index is 2.28. The third-order valence-corrected chi connectivity index (χ3v) is 3.72. The predicted molar refractivity (Wildman–Crippen MR) is 65.1 cm³/mol. The van der Waals surface area contributed by atoms with Crippen LogP contribution in [0.5, 0.6) is 0 Å². The van der Waals surface area contributed by atoms with Crippen molar-refractivity contribution in [3.05, 3.63) is 0 Å². The molecule has 1 rings (SSSR count). The Labute approximate surface area is 94.8 Å². The minimum atomic E-state index is 0.534. The zero-order valence-electron chi connectivity index (χ0n) is 10.6. The molecule has 0 amide bonds. The van der Waals surface area contributed by atoms with Crippen LogP contribution >= 0.6 is 0 Å². The molecule has 1 N–H and O–H groups in total. The van der Waals surface area contributed by atoms with Gasteiger partial charge < -0.3 is 10.1 Å². The fourth-order valence-electron chi connectivity index (χ4n) is 2.63. The zero-order chi connectivity index (χ0) is 11.1. The highest BCUT2D eigenvalue weighted by Gasteiger charge is 2.21. The van der Waals surface area contributed by atoms with Crippen LogP contribution < -0.4 is 5.32 Å². The molecule has 0 radical (unpaired) electrons. The van der Waals surface area contributed by atoms with E-state index in [9.17, 15) is 0 Å². The Morgan fingerprint density at radius 1 is 1.27 bits per heavy atom. The van der Waals surface area contributed by atoms with Crippen molar-refractivity contribution in [3.63, 3.8) is 0 Å². The van der Waals surface area contributed by atoms with E-state index in [0.29, 0.717) is 12.1 Å². The molecule has 1 unspecified atom stereocenters. The molecule has 90 valence electrons. The molecule has 0 saturated heterocycles. The molecule has 0 aromatic rings. The van der Waals surface area contributed by atoms with Gasteiger partial charge in [0.1, 0.15) is 0 Å². The van der Waals surface area contributed by atoms with Crippen LogP contribution in [-0.2, 0) is 4.74 Å². The summed E-state index contributed by atoms with van der Waals surface area (Å²) in [6.45, 7) is 5.41. The van der Waals surface area contributed by atoms with Gasteiger partial charge in [-0.1, -0.05) is 26.2 Å². The minimum Gasteiger partial charge on any atom is -0.383 e.